The molecule has 1 heterocycles. The monoisotopic (exact) mass is 252 g/mol. The third-order valence-corrected chi connectivity index (χ3v) is 3.33. The number of rotatable bonds is 4. The van der Waals surface area contributed by atoms with E-state index in [1.807, 2.05) is 4.90 Å². The largest absolute Gasteiger partial charge is 0.507 e. The van der Waals surface area contributed by atoms with Crippen molar-refractivity contribution in [3.05, 3.63) is 29.6 Å². The second-order valence-electron chi connectivity index (χ2n) is 4.71. The predicted molar refractivity (Wildman–Crippen MR) is 66.0 cm³/mol. The number of carbonyl (C=O) groups excluding carboxylic acids is 1. The van der Waals surface area contributed by atoms with Crippen molar-refractivity contribution in [2.45, 2.75) is 6.42 Å². The van der Waals surface area contributed by atoms with Crippen LogP contribution in [0.1, 0.15) is 16.8 Å². The molecule has 4 nitrogen and oxygen atoms in total. The Morgan fingerprint density at radius 1 is 1.56 bits per heavy atom. The van der Waals surface area contributed by atoms with E-state index in [4.69, 9.17) is 5.73 Å². The molecule has 0 aliphatic carbocycles. The molecule has 18 heavy (non-hydrogen) atoms. The van der Waals surface area contributed by atoms with Crippen molar-refractivity contribution in [1.29, 1.82) is 0 Å². The normalized spacial score (nSPS) is 20.2. The molecule has 0 amide bonds. The zero-order chi connectivity index (χ0) is 13.1. The zero-order valence-corrected chi connectivity index (χ0v) is 10.1. The van der Waals surface area contributed by atoms with Gasteiger partial charge < -0.3 is 10.8 Å². The van der Waals surface area contributed by atoms with Crippen LogP contribution in [0, 0.1) is 11.7 Å². The number of benzene rings is 1. The Morgan fingerprint density at radius 3 is 3.00 bits per heavy atom. The third-order valence-electron chi connectivity index (χ3n) is 3.33. The van der Waals surface area contributed by atoms with Crippen molar-refractivity contribution in [2.24, 2.45) is 11.7 Å². The lowest BCUT2D eigenvalue weighted by Gasteiger charge is -2.15. The Morgan fingerprint density at radius 2 is 2.33 bits per heavy atom. The van der Waals surface area contributed by atoms with E-state index in [-0.39, 0.29) is 23.6 Å². The van der Waals surface area contributed by atoms with Crippen LogP contribution in [-0.2, 0) is 0 Å². The van der Waals surface area contributed by atoms with Gasteiger partial charge in [0.2, 0.25) is 0 Å². The van der Waals surface area contributed by atoms with Gasteiger partial charge in [-0.25, -0.2) is 4.39 Å². The van der Waals surface area contributed by atoms with Crippen molar-refractivity contribution in [2.75, 3.05) is 26.2 Å². The summed E-state index contributed by atoms with van der Waals surface area (Å²) in [7, 11) is 0. The van der Waals surface area contributed by atoms with E-state index in [9.17, 15) is 14.3 Å². The van der Waals surface area contributed by atoms with Crippen molar-refractivity contribution in [1.82, 2.24) is 4.90 Å². The van der Waals surface area contributed by atoms with Crippen LogP contribution in [0.15, 0.2) is 18.2 Å². The van der Waals surface area contributed by atoms with Gasteiger partial charge in [0, 0.05) is 6.54 Å². The van der Waals surface area contributed by atoms with Crippen LogP contribution in [0.25, 0.3) is 0 Å². The number of nitrogens with zero attached hydrogens (tertiary/aromatic N) is 1. The molecular formula is C13H17FN2O2. The zero-order valence-electron chi connectivity index (χ0n) is 10.1. The van der Waals surface area contributed by atoms with Gasteiger partial charge in [-0.15, -0.1) is 0 Å². The van der Waals surface area contributed by atoms with Crippen LogP contribution in [0.5, 0.6) is 5.75 Å². The highest BCUT2D eigenvalue weighted by molar-refractivity contribution is 6.00. The van der Waals surface area contributed by atoms with Crippen molar-refractivity contribution in [3.8, 4) is 5.75 Å². The number of hydrogen-bond donors (Lipinski definition) is 2. The van der Waals surface area contributed by atoms with E-state index in [2.05, 4.69) is 0 Å². The van der Waals surface area contributed by atoms with Crippen molar-refractivity contribution in [3.63, 3.8) is 0 Å². The lowest BCUT2D eigenvalue weighted by Crippen LogP contribution is -2.29. The predicted octanol–water partition coefficient (Wildman–Crippen LogP) is 0.995. The number of ketones is 1. The maximum atomic E-state index is 13.0. The topological polar surface area (TPSA) is 66.6 Å². The number of nitrogens with two attached hydrogens (primary N) is 1. The fraction of sp³-hybridized carbons (Fsp3) is 0.462. The maximum absolute atomic E-state index is 13.0. The summed E-state index contributed by atoms with van der Waals surface area (Å²) in [6.45, 7) is 2.44. The molecule has 0 saturated carbocycles. The highest BCUT2D eigenvalue weighted by Gasteiger charge is 2.24. The molecule has 1 saturated heterocycles. The molecule has 0 radical (unpaired) electrons. The Bertz CT molecular complexity index is 451. The van der Waals surface area contributed by atoms with E-state index in [0.717, 1.165) is 31.6 Å². The molecule has 1 aliphatic heterocycles. The number of phenols is 1. The molecule has 98 valence electrons. The third kappa shape index (κ3) is 2.86. The highest BCUT2D eigenvalue weighted by Crippen LogP contribution is 2.20. The van der Waals surface area contributed by atoms with E-state index in [1.165, 1.54) is 6.07 Å². The van der Waals surface area contributed by atoms with Gasteiger partial charge >= 0.3 is 0 Å². The van der Waals surface area contributed by atoms with E-state index >= 15 is 0 Å². The fourth-order valence-corrected chi connectivity index (χ4v) is 2.27. The summed E-state index contributed by atoms with van der Waals surface area (Å²) in [6, 6.07) is 3.41. The molecule has 1 aromatic rings. The average Bonchev–Trinajstić information content (AvgIpc) is 2.80. The summed E-state index contributed by atoms with van der Waals surface area (Å²) in [5, 5.41) is 9.55. The first-order valence-electron chi connectivity index (χ1n) is 6.04. The minimum atomic E-state index is -0.516. The van der Waals surface area contributed by atoms with Crippen LogP contribution < -0.4 is 5.73 Å². The number of carbonyl (C=O) groups is 1. The number of hydrogen-bond acceptors (Lipinski definition) is 4. The molecule has 1 fully saturated rings. The summed E-state index contributed by atoms with van der Waals surface area (Å²) in [5.74, 6) is -0.517. The molecular weight excluding hydrogens is 235 g/mol. The van der Waals surface area contributed by atoms with Gasteiger partial charge in [0.15, 0.2) is 5.78 Å². The second kappa shape index (κ2) is 5.46. The lowest BCUT2D eigenvalue weighted by molar-refractivity contribution is 0.0940. The molecule has 1 aliphatic rings. The van der Waals surface area contributed by atoms with Gasteiger partial charge in [-0.2, -0.15) is 0 Å². The first-order chi connectivity index (χ1) is 8.60. The number of phenolic OH excluding ortho intramolecular Hbond substituents is 1. The van der Waals surface area contributed by atoms with Crippen molar-refractivity contribution < 1.29 is 14.3 Å². The van der Waals surface area contributed by atoms with Crippen LogP contribution in [0.3, 0.4) is 0 Å². The molecule has 5 heteroatoms. The molecule has 1 aromatic carbocycles. The summed E-state index contributed by atoms with van der Waals surface area (Å²) < 4.78 is 13.0. The van der Waals surface area contributed by atoms with Crippen LogP contribution in [0.2, 0.25) is 0 Å². The fourth-order valence-electron chi connectivity index (χ4n) is 2.27. The highest BCUT2D eigenvalue weighted by atomic mass is 19.1. The SMILES string of the molecule is NCC1CCN(CC(=O)c2cc(F)ccc2O)C1. The number of Topliss-reactive ketones (excluding diaryl/α,β-unsaturated/α-hetero) is 1. The minimum Gasteiger partial charge on any atom is -0.507 e. The average molecular weight is 252 g/mol. The molecule has 2 rings (SSSR count). The Balaban J connectivity index is 2.02. The van der Waals surface area contributed by atoms with Gasteiger partial charge in [0.05, 0.1) is 12.1 Å². The molecule has 1 unspecified atom stereocenters. The number of aromatic hydroxyl groups is 1. The van der Waals surface area contributed by atoms with E-state index in [1.54, 1.807) is 0 Å². The Kier molecular flexibility index (Phi) is 3.93. The smallest absolute Gasteiger partial charge is 0.180 e. The Hall–Kier alpha value is -1.46. The first-order valence-corrected chi connectivity index (χ1v) is 6.04. The standard InChI is InChI=1S/C13H17FN2O2/c14-10-1-2-12(17)11(5-10)13(18)8-16-4-3-9(6-15)7-16/h1-2,5,9,17H,3-4,6-8,15H2. The van der Waals surface area contributed by atoms with E-state index < -0.39 is 5.82 Å². The molecule has 0 aromatic heterocycles. The summed E-state index contributed by atoms with van der Waals surface area (Å²) in [6.07, 6.45) is 0.985. The van der Waals surface area contributed by atoms with E-state index in [0.29, 0.717) is 12.5 Å². The van der Waals surface area contributed by atoms with Gasteiger partial charge in [0.1, 0.15) is 11.6 Å². The van der Waals surface area contributed by atoms with Crippen LogP contribution >= 0.6 is 0 Å². The summed E-state index contributed by atoms with van der Waals surface area (Å²) in [5.41, 5.74) is 5.63. The van der Waals surface area contributed by atoms with Crippen molar-refractivity contribution >= 4 is 5.78 Å². The van der Waals surface area contributed by atoms with Gasteiger partial charge in [0.25, 0.3) is 0 Å². The van der Waals surface area contributed by atoms with Crippen LogP contribution in [-0.4, -0.2) is 42.0 Å². The molecule has 0 bridgehead atoms. The number of halogens is 1. The molecule has 1 atom stereocenters. The molecule has 3 N–H and O–H groups in total. The maximum Gasteiger partial charge on any atom is 0.180 e. The minimum absolute atomic E-state index is 0.0474. The van der Waals surface area contributed by atoms with Crippen LogP contribution in [0.4, 0.5) is 4.39 Å². The molecule has 0 spiro atoms. The summed E-state index contributed by atoms with van der Waals surface area (Å²) >= 11 is 0. The van der Waals surface area contributed by atoms with Gasteiger partial charge in [-0.3, -0.25) is 9.69 Å². The number of likely N-dealkylation sites (tertiary alicyclic amines) is 1. The lowest BCUT2D eigenvalue weighted by atomic mass is 10.1. The quantitative estimate of drug-likeness (QED) is 0.784. The van der Waals surface area contributed by atoms with Gasteiger partial charge in [-0.05, 0) is 43.6 Å². The van der Waals surface area contributed by atoms with Gasteiger partial charge in [-0.1, -0.05) is 0 Å². The first kappa shape index (κ1) is 13.0. The Labute approximate surface area is 105 Å². The second-order valence-corrected chi connectivity index (χ2v) is 4.71. The summed E-state index contributed by atoms with van der Waals surface area (Å²) in [4.78, 5) is 14.0.